The normalized spacial score (nSPS) is 25.0. The van der Waals surface area contributed by atoms with Gasteiger partial charge in [-0.25, -0.2) is 4.79 Å². The van der Waals surface area contributed by atoms with Crippen LogP contribution in [-0.2, 0) is 9.53 Å². The van der Waals surface area contributed by atoms with Gasteiger partial charge in [-0.1, -0.05) is 29.8 Å². The summed E-state index contributed by atoms with van der Waals surface area (Å²) >= 11 is 0. The molecule has 1 aromatic carbocycles. The summed E-state index contributed by atoms with van der Waals surface area (Å²) in [5.74, 6) is -2.01. The van der Waals surface area contributed by atoms with Gasteiger partial charge in [-0.05, 0) is 12.5 Å². The highest BCUT2D eigenvalue weighted by atomic mass is 16.7. The van der Waals surface area contributed by atoms with Crippen LogP contribution in [-0.4, -0.2) is 16.9 Å². The zero-order valence-corrected chi connectivity index (χ0v) is 8.65. The maximum Gasteiger partial charge on any atom is 0.334 e. The van der Waals surface area contributed by atoms with Crippen molar-refractivity contribution in [3.05, 3.63) is 41.5 Å². The molecule has 1 heterocycles. The molecular weight excluding hydrogens is 192 g/mol. The first-order valence-electron chi connectivity index (χ1n) is 4.73. The van der Waals surface area contributed by atoms with Crippen molar-refractivity contribution in [2.75, 3.05) is 0 Å². The van der Waals surface area contributed by atoms with Gasteiger partial charge in [0.15, 0.2) is 0 Å². The van der Waals surface area contributed by atoms with E-state index >= 15 is 0 Å². The van der Waals surface area contributed by atoms with Gasteiger partial charge in [-0.2, -0.15) is 0 Å². The molecule has 0 fully saturated rings. The smallest absolute Gasteiger partial charge is 0.334 e. The summed E-state index contributed by atoms with van der Waals surface area (Å²) in [6.07, 6.45) is 1.32. The minimum Gasteiger partial charge on any atom is -0.426 e. The minimum absolute atomic E-state index is 0.504. The van der Waals surface area contributed by atoms with Crippen molar-refractivity contribution in [3.8, 4) is 0 Å². The number of carbonyl (C=O) groups is 1. The van der Waals surface area contributed by atoms with Crippen LogP contribution in [0.2, 0.25) is 0 Å². The lowest BCUT2D eigenvalue weighted by Crippen LogP contribution is -2.26. The molecule has 1 aliphatic heterocycles. The molecule has 15 heavy (non-hydrogen) atoms. The van der Waals surface area contributed by atoms with E-state index < -0.39 is 11.8 Å². The molecule has 3 nitrogen and oxygen atoms in total. The summed E-state index contributed by atoms with van der Waals surface area (Å²) in [5.41, 5.74) is 2.44. The molecule has 0 saturated heterocycles. The predicted molar refractivity (Wildman–Crippen MR) is 55.9 cm³/mol. The van der Waals surface area contributed by atoms with Crippen LogP contribution in [0, 0.1) is 6.92 Å². The Labute approximate surface area is 88.0 Å². The molecule has 78 valence electrons. The van der Waals surface area contributed by atoms with Crippen LogP contribution >= 0.6 is 0 Å². The maximum atomic E-state index is 11.1. The van der Waals surface area contributed by atoms with E-state index in [0.29, 0.717) is 5.57 Å². The van der Waals surface area contributed by atoms with Gasteiger partial charge in [0, 0.05) is 18.6 Å². The summed E-state index contributed by atoms with van der Waals surface area (Å²) in [6.45, 7) is 3.44. The number of hydrogen-bond acceptors (Lipinski definition) is 3. The monoisotopic (exact) mass is 204 g/mol. The second kappa shape index (κ2) is 3.21. The number of rotatable bonds is 1. The molecule has 1 aliphatic rings. The fraction of sp³-hybridized carbons (Fsp3) is 0.250. The van der Waals surface area contributed by atoms with Crippen molar-refractivity contribution < 1.29 is 14.6 Å². The molecular formula is C12H12O3. The second-order valence-corrected chi connectivity index (χ2v) is 3.83. The zero-order chi connectivity index (χ0) is 11.1. The summed E-state index contributed by atoms with van der Waals surface area (Å²) in [6, 6.07) is 7.57. The molecule has 3 heteroatoms. The highest BCUT2D eigenvalue weighted by Crippen LogP contribution is 2.33. The van der Waals surface area contributed by atoms with Crippen LogP contribution in [0.25, 0.3) is 5.57 Å². The summed E-state index contributed by atoms with van der Waals surface area (Å²) in [4.78, 5) is 11.1. The quantitative estimate of drug-likeness (QED) is 0.707. The summed E-state index contributed by atoms with van der Waals surface area (Å²) in [7, 11) is 0. The Kier molecular flexibility index (Phi) is 2.12. The first kappa shape index (κ1) is 9.93. The zero-order valence-electron chi connectivity index (χ0n) is 8.65. The molecule has 2 rings (SSSR count). The number of hydrogen-bond donors (Lipinski definition) is 1. The third kappa shape index (κ3) is 1.78. The van der Waals surface area contributed by atoms with Crippen LogP contribution in [0.1, 0.15) is 18.1 Å². The summed E-state index contributed by atoms with van der Waals surface area (Å²) in [5, 5.41) is 9.84. The van der Waals surface area contributed by atoms with Gasteiger partial charge in [0.2, 0.25) is 5.79 Å². The average Bonchev–Trinajstić information content (AvgIpc) is 2.41. The van der Waals surface area contributed by atoms with Crippen LogP contribution in [0.15, 0.2) is 30.3 Å². The Morgan fingerprint density at radius 3 is 2.33 bits per heavy atom. The highest BCUT2D eigenvalue weighted by Gasteiger charge is 2.37. The Morgan fingerprint density at radius 2 is 1.87 bits per heavy atom. The van der Waals surface area contributed by atoms with Gasteiger partial charge in [-0.3, -0.25) is 0 Å². The first-order chi connectivity index (χ1) is 6.99. The van der Waals surface area contributed by atoms with Crippen molar-refractivity contribution in [1.29, 1.82) is 0 Å². The van der Waals surface area contributed by atoms with Crippen molar-refractivity contribution in [3.63, 3.8) is 0 Å². The van der Waals surface area contributed by atoms with Gasteiger partial charge < -0.3 is 9.84 Å². The average molecular weight is 204 g/mol. The largest absolute Gasteiger partial charge is 0.426 e. The van der Waals surface area contributed by atoms with Crippen molar-refractivity contribution in [1.82, 2.24) is 0 Å². The number of benzene rings is 1. The number of ether oxygens (including phenoxy) is 1. The fourth-order valence-electron chi connectivity index (χ4n) is 1.62. The Bertz CT molecular complexity index is 427. The molecule has 0 spiro atoms. The molecule has 0 aliphatic carbocycles. The highest BCUT2D eigenvalue weighted by molar-refractivity contribution is 5.97. The molecule has 0 saturated carbocycles. The minimum atomic E-state index is -1.51. The van der Waals surface area contributed by atoms with E-state index in [-0.39, 0.29) is 0 Å². The fourth-order valence-corrected chi connectivity index (χ4v) is 1.62. The maximum absolute atomic E-state index is 11.1. The Hall–Kier alpha value is -1.61. The lowest BCUT2D eigenvalue weighted by Gasteiger charge is -2.19. The second-order valence-electron chi connectivity index (χ2n) is 3.83. The van der Waals surface area contributed by atoms with Crippen LogP contribution < -0.4 is 0 Å². The van der Waals surface area contributed by atoms with E-state index in [4.69, 9.17) is 4.74 Å². The Morgan fingerprint density at radius 1 is 1.27 bits per heavy atom. The first-order valence-corrected chi connectivity index (χ1v) is 4.73. The van der Waals surface area contributed by atoms with E-state index in [1.807, 2.05) is 31.2 Å². The molecule has 1 atom stereocenters. The topological polar surface area (TPSA) is 46.5 Å². The van der Waals surface area contributed by atoms with Gasteiger partial charge in [0.1, 0.15) is 0 Å². The van der Waals surface area contributed by atoms with Crippen molar-refractivity contribution in [2.45, 2.75) is 19.6 Å². The third-order valence-electron chi connectivity index (χ3n) is 2.42. The summed E-state index contributed by atoms with van der Waals surface area (Å²) < 4.78 is 4.77. The van der Waals surface area contributed by atoms with Gasteiger partial charge >= 0.3 is 5.97 Å². The molecule has 0 bridgehead atoms. The van der Waals surface area contributed by atoms with E-state index in [1.165, 1.54) is 13.0 Å². The van der Waals surface area contributed by atoms with Crippen LogP contribution in [0.3, 0.4) is 0 Å². The molecule has 0 radical (unpaired) electrons. The number of aliphatic hydroxyl groups is 1. The van der Waals surface area contributed by atoms with E-state index in [0.717, 1.165) is 11.1 Å². The SMILES string of the molecule is Cc1ccc(C2=CC(=O)OC2(C)O)cc1. The lowest BCUT2D eigenvalue weighted by molar-refractivity contribution is -0.169. The number of cyclic esters (lactones) is 1. The van der Waals surface area contributed by atoms with Crippen molar-refractivity contribution >= 4 is 11.5 Å². The van der Waals surface area contributed by atoms with E-state index in [9.17, 15) is 9.90 Å². The Balaban J connectivity index is 2.43. The predicted octanol–water partition coefficient (Wildman–Crippen LogP) is 1.64. The van der Waals surface area contributed by atoms with Crippen LogP contribution in [0.4, 0.5) is 0 Å². The number of esters is 1. The van der Waals surface area contributed by atoms with Gasteiger partial charge in [0.25, 0.3) is 0 Å². The van der Waals surface area contributed by atoms with E-state index in [2.05, 4.69) is 0 Å². The van der Waals surface area contributed by atoms with Gasteiger partial charge in [0.05, 0.1) is 0 Å². The van der Waals surface area contributed by atoms with Gasteiger partial charge in [-0.15, -0.1) is 0 Å². The number of aryl methyl sites for hydroxylation is 1. The molecule has 0 aromatic heterocycles. The van der Waals surface area contributed by atoms with Crippen LogP contribution in [0.5, 0.6) is 0 Å². The lowest BCUT2D eigenvalue weighted by atomic mass is 9.99. The molecule has 1 N–H and O–H groups in total. The number of carbonyl (C=O) groups excluding carboxylic acids is 1. The molecule has 1 aromatic rings. The standard InChI is InChI=1S/C12H12O3/c1-8-3-5-9(6-4-8)10-7-11(13)15-12(10,2)14/h3-7,14H,1-2H3. The third-order valence-corrected chi connectivity index (χ3v) is 2.42. The van der Waals surface area contributed by atoms with E-state index in [1.54, 1.807) is 0 Å². The molecule has 0 amide bonds. The molecule has 1 unspecified atom stereocenters. The van der Waals surface area contributed by atoms with Crippen molar-refractivity contribution in [2.24, 2.45) is 0 Å².